The Morgan fingerprint density at radius 3 is 2.35 bits per heavy atom. The normalized spacial score (nSPS) is 15.6. The second-order valence-corrected chi connectivity index (χ2v) is 8.45. The first kappa shape index (κ1) is 18.7. The van der Waals surface area contributed by atoms with Crippen LogP contribution >= 0.6 is 11.6 Å². The van der Waals surface area contributed by atoms with E-state index in [-0.39, 0.29) is 21.2 Å². The average Bonchev–Trinajstić information content (AvgIpc) is 2.64. The fourth-order valence-corrected chi connectivity index (χ4v) is 4.58. The quantitative estimate of drug-likeness (QED) is 0.777. The summed E-state index contributed by atoms with van der Waals surface area (Å²) in [6, 6.07) is 10.1. The van der Waals surface area contributed by atoms with Gasteiger partial charge in [0.25, 0.3) is 5.91 Å². The monoisotopic (exact) mass is 394 g/mol. The maximum atomic E-state index is 12.8. The van der Waals surface area contributed by atoms with Crippen molar-refractivity contribution in [2.24, 2.45) is 0 Å². The van der Waals surface area contributed by atoms with Crippen molar-refractivity contribution in [3.8, 4) is 5.75 Å². The van der Waals surface area contributed by atoms with Crippen molar-refractivity contribution in [3.05, 3.63) is 53.1 Å². The number of rotatable bonds is 4. The van der Waals surface area contributed by atoms with E-state index in [1.807, 2.05) is 0 Å². The molecule has 0 unspecified atom stereocenters. The molecular weight excluding hydrogens is 376 g/mol. The second-order valence-electron chi connectivity index (χ2n) is 6.11. The van der Waals surface area contributed by atoms with E-state index < -0.39 is 15.9 Å². The number of carbonyl (C=O) groups is 1. The third-order valence-corrected chi connectivity index (χ3v) is 6.48. The molecule has 138 valence electrons. The lowest BCUT2D eigenvalue weighted by molar-refractivity contribution is 0.102. The van der Waals surface area contributed by atoms with Gasteiger partial charge in [-0.05, 0) is 55.3 Å². The van der Waals surface area contributed by atoms with Gasteiger partial charge < -0.3 is 10.4 Å². The average molecular weight is 395 g/mol. The molecule has 0 saturated carbocycles. The van der Waals surface area contributed by atoms with Crippen molar-refractivity contribution in [1.82, 2.24) is 4.31 Å². The van der Waals surface area contributed by atoms with Gasteiger partial charge in [0.15, 0.2) is 0 Å². The van der Waals surface area contributed by atoms with Gasteiger partial charge in [0.05, 0.1) is 15.5 Å². The van der Waals surface area contributed by atoms with Crippen LogP contribution < -0.4 is 5.32 Å². The van der Waals surface area contributed by atoms with E-state index in [9.17, 15) is 18.3 Å². The summed E-state index contributed by atoms with van der Waals surface area (Å²) in [6.07, 6.45) is 2.69. The molecule has 0 bridgehead atoms. The van der Waals surface area contributed by atoms with Crippen molar-refractivity contribution < 1.29 is 18.3 Å². The summed E-state index contributed by atoms with van der Waals surface area (Å²) in [4.78, 5) is 12.6. The number of phenols is 1. The van der Waals surface area contributed by atoms with Gasteiger partial charge in [-0.1, -0.05) is 18.0 Å². The molecule has 2 aromatic carbocycles. The summed E-state index contributed by atoms with van der Waals surface area (Å²) in [6.45, 7) is 0.972. The summed E-state index contributed by atoms with van der Waals surface area (Å²) in [5, 5.41) is 12.1. The minimum absolute atomic E-state index is 0.0552. The van der Waals surface area contributed by atoms with E-state index in [1.54, 1.807) is 0 Å². The summed E-state index contributed by atoms with van der Waals surface area (Å²) >= 11 is 6.11. The zero-order valence-corrected chi connectivity index (χ0v) is 15.6. The Morgan fingerprint density at radius 2 is 1.69 bits per heavy atom. The maximum Gasteiger partial charge on any atom is 0.257 e. The van der Waals surface area contributed by atoms with Gasteiger partial charge in [-0.3, -0.25) is 4.79 Å². The minimum atomic E-state index is -3.65. The lowest BCUT2D eigenvalue weighted by Gasteiger charge is -2.26. The van der Waals surface area contributed by atoms with E-state index >= 15 is 0 Å². The van der Waals surface area contributed by atoms with E-state index in [2.05, 4.69) is 5.32 Å². The Bertz CT molecular complexity index is 907. The number of carbonyl (C=O) groups excluding carboxylic acids is 1. The molecule has 2 N–H and O–H groups in total. The van der Waals surface area contributed by atoms with Crippen LogP contribution in [-0.4, -0.2) is 36.8 Å². The first-order valence-corrected chi connectivity index (χ1v) is 10.1. The molecule has 0 aliphatic carbocycles. The Labute approximate surface area is 157 Å². The highest BCUT2D eigenvalue weighted by Crippen LogP contribution is 2.26. The number of anilines is 1. The molecule has 0 atom stereocenters. The molecule has 0 aromatic heterocycles. The Hall–Kier alpha value is -2.09. The zero-order valence-electron chi connectivity index (χ0n) is 14.0. The molecule has 6 nitrogen and oxygen atoms in total. The number of piperidine rings is 1. The predicted octanol–water partition coefficient (Wildman–Crippen LogP) is 3.47. The van der Waals surface area contributed by atoms with Crippen LogP contribution in [0.4, 0.5) is 5.69 Å². The number of hydrogen-bond acceptors (Lipinski definition) is 4. The van der Waals surface area contributed by atoms with Gasteiger partial charge in [0.1, 0.15) is 5.75 Å². The number of phenolic OH excluding ortho intramolecular Hbond substituents is 1. The molecule has 3 rings (SSSR count). The first-order chi connectivity index (χ1) is 12.4. The number of sulfonamides is 1. The topological polar surface area (TPSA) is 86.7 Å². The number of nitrogens with one attached hydrogen (secondary N) is 1. The van der Waals surface area contributed by atoms with Crippen LogP contribution in [0.5, 0.6) is 5.75 Å². The number of halogens is 1. The van der Waals surface area contributed by atoms with Crippen LogP contribution in [-0.2, 0) is 10.0 Å². The number of benzene rings is 2. The smallest absolute Gasteiger partial charge is 0.257 e. The standard InChI is InChI=1S/C18H19ClN2O4S/c19-17-9-8-15(26(24,25)21-10-2-1-3-11-21)12-16(17)18(23)20-13-4-6-14(22)7-5-13/h4-9,12,22H,1-3,10-11H2,(H,20,23). The fourth-order valence-electron chi connectivity index (χ4n) is 2.84. The first-order valence-electron chi connectivity index (χ1n) is 8.28. The van der Waals surface area contributed by atoms with Crippen LogP contribution in [0.1, 0.15) is 29.6 Å². The third-order valence-electron chi connectivity index (χ3n) is 4.26. The zero-order chi connectivity index (χ0) is 18.7. The summed E-state index contributed by atoms with van der Waals surface area (Å²) in [5.74, 6) is -0.438. The SMILES string of the molecule is O=C(Nc1ccc(O)cc1)c1cc(S(=O)(=O)N2CCCCC2)ccc1Cl. The van der Waals surface area contributed by atoms with Crippen molar-refractivity contribution in [2.75, 3.05) is 18.4 Å². The molecule has 1 aliphatic rings. The van der Waals surface area contributed by atoms with Gasteiger partial charge in [0.2, 0.25) is 10.0 Å². The highest BCUT2D eigenvalue weighted by molar-refractivity contribution is 7.89. The summed E-state index contributed by atoms with van der Waals surface area (Å²) in [5.41, 5.74) is 0.547. The molecule has 1 amide bonds. The molecule has 26 heavy (non-hydrogen) atoms. The molecule has 1 heterocycles. The number of amides is 1. The summed E-state index contributed by atoms with van der Waals surface area (Å²) in [7, 11) is -3.65. The highest BCUT2D eigenvalue weighted by atomic mass is 35.5. The molecule has 8 heteroatoms. The predicted molar refractivity (Wildman–Crippen MR) is 100 cm³/mol. The molecule has 2 aromatic rings. The van der Waals surface area contributed by atoms with Gasteiger partial charge in [-0.15, -0.1) is 0 Å². The van der Waals surface area contributed by atoms with Gasteiger partial charge in [-0.25, -0.2) is 8.42 Å². The van der Waals surface area contributed by atoms with E-state index in [4.69, 9.17) is 11.6 Å². The summed E-state index contributed by atoms with van der Waals surface area (Å²) < 4.78 is 27.0. The molecule has 1 aliphatic heterocycles. The van der Waals surface area contributed by atoms with Crippen molar-refractivity contribution in [1.29, 1.82) is 0 Å². The van der Waals surface area contributed by atoms with E-state index in [0.717, 1.165) is 19.3 Å². The molecule has 1 saturated heterocycles. The molecule has 0 radical (unpaired) electrons. The van der Waals surface area contributed by atoms with E-state index in [0.29, 0.717) is 18.8 Å². The fraction of sp³-hybridized carbons (Fsp3) is 0.278. The molecular formula is C18H19ClN2O4S. The Kier molecular flexibility index (Phi) is 5.50. The van der Waals surface area contributed by atoms with Crippen LogP contribution in [0.2, 0.25) is 5.02 Å². The molecule has 0 spiro atoms. The van der Waals surface area contributed by atoms with Crippen LogP contribution in [0.15, 0.2) is 47.4 Å². The second kappa shape index (κ2) is 7.65. The van der Waals surface area contributed by atoms with Crippen molar-refractivity contribution in [2.45, 2.75) is 24.2 Å². The van der Waals surface area contributed by atoms with Crippen molar-refractivity contribution in [3.63, 3.8) is 0 Å². The van der Waals surface area contributed by atoms with Crippen molar-refractivity contribution >= 4 is 33.2 Å². The van der Waals surface area contributed by atoms with Gasteiger partial charge in [0, 0.05) is 18.8 Å². The highest BCUT2D eigenvalue weighted by Gasteiger charge is 2.27. The van der Waals surface area contributed by atoms with Gasteiger partial charge >= 0.3 is 0 Å². The number of nitrogens with zero attached hydrogens (tertiary/aromatic N) is 1. The van der Waals surface area contributed by atoms with Crippen LogP contribution in [0, 0.1) is 0 Å². The Balaban J connectivity index is 1.87. The Morgan fingerprint density at radius 1 is 1.04 bits per heavy atom. The number of hydrogen-bond donors (Lipinski definition) is 2. The maximum absolute atomic E-state index is 12.8. The van der Waals surface area contributed by atoms with Crippen LogP contribution in [0.3, 0.4) is 0 Å². The lowest BCUT2D eigenvalue weighted by Crippen LogP contribution is -2.35. The lowest BCUT2D eigenvalue weighted by atomic mass is 10.2. The molecule has 1 fully saturated rings. The third kappa shape index (κ3) is 4.00. The van der Waals surface area contributed by atoms with E-state index in [1.165, 1.54) is 46.8 Å². The van der Waals surface area contributed by atoms with Crippen LogP contribution in [0.25, 0.3) is 0 Å². The minimum Gasteiger partial charge on any atom is -0.508 e. The largest absolute Gasteiger partial charge is 0.508 e. The number of aromatic hydroxyl groups is 1. The van der Waals surface area contributed by atoms with Gasteiger partial charge in [-0.2, -0.15) is 4.31 Å².